The number of carbonyl (C=O) groups is 1. The van der Waals surface area contributed by atoms with Gasteiger partial charge in [-0.05, 0) is 57.0 Å². The Morgan fingerprint density at radius 1 is 1.10 bits per heavy atom. The summed E-state index contributed by atoms with van der Waals surface area (Å²) in [5.41, 5.74) is 0. The quantitative estimate of drug-likeness (QED) is 0.695. The van der Waals surface area contributed by atoms with Crippen molar-refractivity contribution < 1.29 is 13.2 Å². The van der Waals surface area contributed by atoms with Crippen molar-refractivity contribution in [3.63, 3.8) is 0 Å². The SMILES string of the molecule is Cl.O=C(CCC1CCNCC1)NCCS(=O)(=O)CC1CC1. The van der Waals surface area contributed by atoms with Gasteiger partial charge in [-0.1, -0.05) is 0 Å². The lowest BCUT2D eigenvalue weighted by atomic mass is 9.93. The van der Waals surface area contributed by atoms with E-state index in [1.807, 2.05) is 0 Å². The van der Waals surface area contributed by atoms with Crippen LogP contribution >= 0.6 is 12.4 Å². The van der Waals surface area contributed by atoms with Crippen LogP contribution in [0.15, 0.2) is 0 Å². The number of hydrogen-bond donors (Lipinski definition) is 2. The first-order chi connectivity index (χ1) is 9.55. The van der Waals surface area contributed by atoms with E-state index in [9.17, 15) is 13.2 Å². The van der Waals surface area contributed by atoms with Crippen molar-refractivity contribution in [3.8, 4) is 0 Å². The third-order valence-electron chi connectivity index (χ3n) is 4.16. The predicted molar refractivity (Wildman–Crippen MR) is 86.5 cm³/mol. The number of carbonyl (C=O) groups excluding carboxylic acids is 1. The standard InChI is InChI=1S/C14H26N2O3S.ClH/c17-14(4-3-12-5-7-15-8-6-12)16-9-10-20(18,19)11-13-1-2-13;/h12-13,15H,1-11H2,(H,16,17);1H. The van der Waals surface area contributed by atoms with Crippen LogP contribution in [0.4, 0.5) is 0 Å². The molecule has 2 N–H and O–H groups in total. The van der Waals surface area contributed by atoms with Crippen molar-refractivity contribution in [2.75, 3.05) is 31.1 Å². The van der Waals surface area contributed by atoms with E-state index in [-0.39, 0.29) is 30.6 Å². The van der Waals surface area contributed by atoms with Crippen LogP contribution in [0.3, 0.4) is 0 Å². The maximum atomic E-state index is 11.7. The van der Waals surface area contributed by atoms with Gasteiger partial charge in [-0.15, -0.1) is 12.4 Å². The molecule has 1 aliphatic carbocycles. The lowest BCUT2D eigenvalue weighted by Gasteiger charge is -2.22. The fraction of sp³-hybridized carbons (Fsp3) is 0.929. The van der Waals surface area contributed by atoms with Crippen LogP contribution in [0.2, 0.25) is 0 Å². The van der Waals surface area contributed by atoms with E-state index in [0.29, 0.717) is 24.0 Å². The van der Waals surface area contributed by atoms with Gasteiger partial charge in [-0.3, -0.25) is 4.79 Å². The average Bonchev–Trinajstić information content (AvgIpc) is 3.20. The van der Waals surface area contributed by atoms with Gasteiger partial charge in [0.25, 0.3) is 0 Å². The van der Waals surface area contributed by atoms with E-state index in [1.54, 1.807) is 0 Å². The highest BCUT2D eigenvalue weighted by molar-refractivity contribution is 7.91. The van der Waals surface area contributed by atoms with Crippen LogP contribution < -0.4 is 10.6 Å². The Kier molecular flexibility index (Phi) is 7.98. The molecule has 7 heteroatoms. The zero-order chi connectivity index (χ0) is 14.4. The van der Waals surface area contributed by atoms with Gasteiger partial charge in [-0.2, -0.15) is 0 Å². The molecule has 2 rings (SSSR count). The molecule has 1 amide bonds. The van der Waals surface area contributed by atoms with E-state index in [0.717, 1.165) is 45.2 Å². The minimum atomic E-state index is -2.97. The van der Waals surface area contributed by atoms with E-state index >= 15 is 0 Å². The molecule has 0 aromatic carbocycles. The van der Waals surface area contributed by atoms with Gasteiger partial charge in [0.2, 0.25) is 5.91 Å². The summed E-state index contributed by atoms with van der Waals surface area (Å²) in [5.74, 6) is 1.40. The lowest BCUT2D eigenvalue weighted by molar-refractivity contribution is -0.121. The Morgan fingerprint density at radius 3 is 2.38 bits per heavy atom. The van der Waals surface area contributed by atoms with E-state index in [1.165, 1.54) is 0 Å². The number of sulfone groups is 1. The van der Waals surface area contributed by atoms with Gasteiger partial charge >= 0.3 is 0 Å². The number of piperidine rings is 1. The number of amides is 1. The molecule has 0 atom stereocenters. The van der Waals surface area contributed by atoms with Crippen molar-refractivity contribution in [1.82, 2.24) is 10.6 Å². The van der Waals surface area contributed by atoms with Crippen molar-refractivity contribution in [3.05, 3.63) is 0 Å². The second-order valence-corrected chi connectivity index (χ2v) is 8.37. The summed E-state index contributed by atoms with van der Waals surface area (Å²) in [7, 11) is -2.97. The molecule has 124 valence electrons. The predicted octanol–water partition coefficient (Wildman–Crippen LogP) is 1.13. The normalized spacial score (nSPS) is 19.8. The number of nitrogens with one attached hydrogen (secondary N) is 2. The van der Waals surface area contributed by atoms with Crippen molar-refractivity contribution in [1.29, 1.82) is 0 Å². The van der Waals surface area contributed by atoms with Gasteiger partial charge in [0.15, 0.2) is 9.84 Å². The smallest absolute Gasteiger partial charge is 0.220 e. The molecule has 21 heavy (non-hydrogen) atoms. The molecule has 0 bridgehead atoms. The molecule has 0 spiro atoms. The van der Waals surface area contributed by atoms with Crippen LogP contribution in [0.25, 0.3) is 0 Å². The summed E-state index contributed by atoms with van der Waals surface area (Å²) in [4.78, 5) is 11.7. The van der Waals surface area contributed by atoms with Gasteiger partial charge in [0.05, 0.1) is 11.5 Å². The first kappa shape index (κ1) is 18.7. The molecular formula is C14H27ClN2O3S. The Morgan fingerprint density at radius 2 is 1.76 bits per heavy atom. The lowest BCUT2D eigenvalue weighted by Crippen LogP contribution is -2.31. The largest absolute Gasteiger partial charge is 0.355 e. The Balaban J connectivity index is 0.00000220. The third kappa shape index (κ3) is 8.02. The molecular weight excluding hydrogens is 312 g/mol. The second-order valence-electron chi connectivity index (χ2n) is 6.14. The minimum absolute atomic E-state index is 0. The zero-order valence-corrected chi connectivity index (χ0v) is 14.1. The van der Waals surface area contributed by atoms with Crippen molar-refractivity contribution >= 4 is 28.2 Å². The maximum absolute atomic E-state index is 11.7. The van der Waals surface area contributed by atoms with E-state index in [4.69, 9.17) is 0 Å². The molecule has 0 unspecified atom stereocenters. The van der Waals surface area contributed by atoms with E-state index in [2.05, 4.69) is 10.6 Å². The Labute approximate surface area is 134 Å². The molecule has 5 nitrogen and oxygen atoms in total. The van der Waals surface area contributed by atoms with Crippen LogP contribution in [0, 0.1) is 11.8 Å². The summed E-state index contributed by atoms with van der Waals surface area (Å²) in [5, 5.41) is 6.04. The topological polar surface area (TPSA) is 75.3 Å². The van der Waals surface area contributed by atoms with Gasteiger partial charge in [0, 0.05) is 13.0 Å². The average molecular weight is 339 g/mol. The summed E-state index contributed by atoms with van der Waals surface area (Å²) in [6.07, 6.45) is 5.81. The fourth-order valence-electron chi connectivity index (χ4n) is 2.67. The van der Waals surface area contributed by atoms with Crippen LogP contribution in [0.1, 0.15) is 38.5 Å². The van der Waals surface area contributed by atoms with E-state index < -0.39 is 9.84 Å². The summed E-state index contributed by atoms with van der Waals surface area (Å²) in [6.45, 7) is 2.36. The van der Waals surface area contributed by atoms with Crippen molar-refractivity contribution in [2.24, 2.45) is 11.8 Å². The first-order valence-electron chi connectivity index (χ1n) is 7.73. The Hall–Kier alpha value is -0.330. The number of halogens is 1. The number of rotatable bonds is 8. The fourth-order valence-corrected chi connectivity index (χ4v) is 4.30. The van der Waals surface area contributed by atoms with Crippen molar-refractivity contribution in [2.45, 2.75) is 38.5 Å². The molecule has 2 fully saturated rings. The highest BCUT2D eigenvalue weighted by atomic mass is 35.5. The summed E-state index contributed by atoms with van der Waals surface area (Å²) < 4.78 is 23.4. The van der Waals surface area contributed by atoms with Crippen LogP contribution in [-0.4, -0.2) is 45.5 Å². The molecule has 1 heterocycles. The molecule has 2 aliphatic rings. The molecule has 0 aromatic rings. The first-order valence-corrected chi connectivity index (χ1v) is 9.55. The highest BCUT2D eigenvalue weighted by Crippen LogP contribution is 2.30. The highest BCUT2D eigenvalue weighted by Gasteiger charge is 2.27. The van der Waals surface area contributed by atoms with Crippen LogP contribution in [-0.2, 0) is 14.6 Å². The summed E-state index contributed by atoms with van der Waals surface area (Å²) in [6, 6.07) is 0. The third-order valence-corrected chi connectivity index (χ3v) is 5.97. The van der Waals surface area contributed by atoms with Crippen LogP contribution in [0.5, 0.6) is 0 Å². The summed E-state index contributed by atoms with van der Waals surface area (Å²) >= 11 is 0. The Bertz CT molecular complexity index is 418. The molecule has 1 aliphatic heterocycles. The molecule has 0 aromatic heterocycles. The van der Waals surface area contributed by atoms with Gasteiger partial charge < -0.3 is 10.6 Å². The van der Waals surface area contributed by atoms with Gasteiger partial charge in [0.1, 0.15) is 0 Å². The molecule has 1 saturated heterocycles. The minimum Gasteiger partial charge on any atom is -0.355 e. The number of hydrogen-bond acceptors (Lipinski definition) is 4. The monoisotopic (exact) mass is 338 g/mol. The maximum Gasteiger partial charge on any atom is 0.220 e. The van der Waals surface area contributed by atoms with Gasteiger partial charge in [-0.25, -0.2) is 8.42 Å². The molecule has 0 radical (unpaired) electrons. The zero-order valence-electron chi connectivity index (χ0n) is 12.5. The molecule has 1 saturated carbocycles. The second kappa shape index (κ2) is 8.96.